The molecule has 2 rings (SSSR count). The van der Waals surface area contributed by atoms with Crippen LogP contribution in [0.15, 0.2) is 30.3 Å². The standard InChI is InChI=1S/C9H6O2S.K/c10-9(11)8-5-6-3-1-2-4-7(6)12-8;/h1-5H,(H,10,11);/q;+1/p-1. The Labute approximate surface area is 122 Å². The average molecular weight is 216 g/mol. The number of carboxylic acid groups (broad SMARTS) is 1. The van der Waals surface area contributed by atoms with Gasteiger partial charge in [-0.2, -0.15) is 0 Å². The van der Waals surface area contributed by atoms with Crippen LogP contribution >= 0.6 is 11.3 Å². The Morgan fingerprint density at radius 2 is 2.00 bits per heavy atom. The van der Waals surface area contributed by atoms with Crippen molar-refractivity contribution in [2.75, 3.05) is 0 Å². The first-order valence-corrected chi connectivity index (χ1v) is 4.29. The SMILES string of the molecule is O=C([O-])c1cc2ccccc2s1.[K+]. The van der Waals surface area contributed by atoms with Crippen LogP contribution in [0.3, 0.4) is 0 Å². The zero-order valence-electron chi connectivity index (χ0n) is 7.11. The minimum Gasteiger partial charge on any atom is -0.544 e. The number of hydrogen-bond acceptors (Lipinski definition) is 3. The van der Waals surface area contributed by atoms with Gasteiger partial charge in [-0.15, -0.1) is 11.3 Å². The number of aromatic carboxylic acids is 1. The molecule has 4 heteroatoms. The van der Waals surface area contributed by atoms with Gasteiger partial charge in [0.1, 0.15) is 0 Å². The summed E-state index contributed by atoms with van der Waals surface area (Å²) < 4.78 is 0.983. The third kappa shape index (κ3) is 2.40. The van der Waals surface area contributed by atoms with Gasteiger partial charge < -0.3 is 9.90 Å². The Kier molecular flexibility index (Phi) is 4.09. The van der Waals surface area contributed by atoms with E-state index in [-0.39, 0.29) is 56.3 Å². The number of thiophene rings is 1. The third-order valence-electron chi connectivity index (χ3n) is 1.63. The van der Waals surface area contributed by atoms with Crippen molar-refractivity contribution in [3.8, 4) is 0 Å². The number of carboxylic acids is 1. The van der Waals surface area contributed by atoms with Gasteiger partial charge >= 0.3 is 51.4 Å². The molecule has 2 nitrogen and oxygen atoms in total. The molecule has 0 aliphatic carbocycles. The summed E-state index contributed by atoms with van der Waals surface area (Å²) in [6, 6.07) is 9.19. The van der Waals surface area contributed by atoms with Crippen LogP contribution in [0.4, 0.5) is 0 Å². The molecule has 0 fully saturated rings. The molecule has 0 saturated carbocycles. The zero-order chi connectivity index (χ0) is 8.55. The minimum atomic E-state index is -1.10. The summed E-state index contributed by atoms with van der Waals surface area (Å²) in [7, 11) is 0. The van der Waals surface area contributed by atoms with Crippen molar-refractivity contribution in [1.82, 2.24) is 0 Å². The van der Waals surface area contributed by atoms with Crippen molar-refractivity contribution in [3.05, 3.63) is 35.2 Å². The van der Waals surface area contributed by atoms with Gasteiger partial charge in [0.15, 0.2) is 0 Å². The summed E-state index contributed by atoms with van der Waals surface area (Å²) >= 11 is 1.24. The number of rotatable bonds is 1. The summed E-state index contributed by atoms with van der Waals surface area (Å²) in [4.78, 5) is 10.8. The van der Waals surface area contributed by atoms with E-state index in [1.165, 1.54) is 11.3 Å². The molecule has 60 valence electrons. The molecule has 0 atom stereocenters. The second-order valence-corrected chi connectivity index (χ2v) is 3.52. The molecule has 1 aromatic carbocycles. The topological polar surface area (TPSA) is 40.1 Å². The maximum absolute atomic E-state index is 10.5. The Bertz CT molecular complexity index is 403. The van der Waals surface area contributed by atoms with Gasteiger partial charge in [-0.25, -0.2) is 0 Å². The minimum absolute atomic E-state index is 0. The Morgan fingerprint density at radius 1 is 1.31 bits per heavy atom. The molecule has 0 N–H and O–H groups in total. The van der Waals surface area contributed by atoms with Gasteiger partial charge in [0, 0.05) is 4.70 Å². The Hall–Kier alpha value is 0.286. The summed E-state index contributed by atoms with van der Waals surface area (Å²) in [5, 5.41) is 11.4. The molecule has 2 aromatic rings. The molecule has 13 heavy (non-hydrogen) atoms. The molecule has 0 amide bonds. The quantitative estimate of drug-likeness (QED) is 0.531. The fourth-order valence-corrected chi connectivity index (χ4v) is 1.98. The Balaban J connectivity index is 0.000000845. The Morgan fingerprint density at radius 3 is 2.62 bits per heavy atom. The van der Waals surface area contributed by atoms with Crippen LogP contribution < -0.4 is 56.5 Å². The van der Waals surface area contributed by atoms with Gasteiger partial charge in [-0.05, 0) is 17.5 Å². The van der Waals surface area contributed by atoms with Crippen LogP contribution in [-0.2, 0) is 0 Å². The van der Waals surface area contributed by atoms with Crippen LogP contribution in [0.2, 0.25) is 0 Å². The molecule has 0 bridgehead atoms. The van der Waals surface area contributed by atoms with Crippen molar-refractivity contribution >= 4 is 27.4 Å². The fraction of sp³-hybridized carbons (Fsp3) is 0. The summed E-state index contributed by atoms with van der Waals surface area (Å²) in [6.45, 7) is 0. The molecule has 0 saturated heterocycles. The van der Waals surface area contributed by atoms with E-state index in [9.17, 15) is 9.90 Å². The molecule has 0 unspecified atom stereocenters. The number of carbonyl (C=O) groups excluding carboxylic acids is 1. The van der Waals surface area contributed by atoms with Gasteiger partial charge in [-0.3, -0.25) is 0 Å². The summed E-state index contributed by atoms with van der Waals surface area (Å²) in [6.07, 6.45) is 0. The van der Waals surface area contributed by atoms with Gasteiger partial charge in [-0.1, -0.05) is 18.2 Å². The van der Waals surface area contributed by atoms with Gasteiger partial charge in [0.25, 0.3) is 0 Å². The van der Waals surface area contributed by atoms with Crippen molar-refractivity contribution in [3.63, 3.8) is 0 Å². The van der Waals surface area contributed by atoms with Crippen LogP contribution in [0.25, 0.3) is 10.1 Å². The largest absolute Gasteiger partial charge is 1.00 e. The normalized spacial score (nSPS) is 9.54. The fourth-order valence-electron chi connectivity index (χ4n) is 1.08. The number of carbonyl (C=O) groups is 1. The van der Waals surface area contributed by atoms with E-state index in [1.807, 2.05) is 24.3 Å². The van der Waals surface area contributed by atoms with Crippen molar-refractivity contribution < 1.29 is 61.3 Å². The number of hydrogen-bond donors (Lipinski definition) is 0. The molecule has 0 spiro atoms. The molecule has 0 radical (unpaired) electrons. The third-order valence-corrected chi connectivity index (χ3v) is 2.72. The van der Waals surface area contributed by atoms with E-state index in [0.717, 1.165) is 10.1 Å². The first kappa shape index (κ1) is 11.4. The smallest absolute Gasteiger partial charge is 0.544 e. The van der Waals surface area contributed by atoms with Crippen LogP contribution in [0, 0.1) is 0 Å². The van der Waals surface area contributed by atoms with Crippen molar-refractivity contribution in [2.45, 2.75) is 0 Å². The van der Waals surface area contributed by atoms with E-state index in [2.05, 4.69) is 0 Å². The first-order chi connectivity index (χ1) is 5.77. The predicted octanol–water partition coefficient (Wildman–Crippen LogP) is -1.73. The van der Waals surface area contributed by atoms with E-state index in [0.29, 0.717) is 0 Å². The van der Waals surface area contributed by atoms with Crippen LogP contribution in [-0.4, -0.2) is 5.97 Å². The van der Waals surface area contributed by atoms with Crippen LogP contribution in [0.5, 0.6) is 0 Å². The maximum atomic E-state index is 10.5. The molecule has 1 heterocycles. The van der Waals surface area contributed by atoms with E-state index in [4.69, 9.17) is 0 Å². The molecular weight excluding hydrogens is 211 g/mol. The van der Waals surface area contributed by atoms with Crippen molar-refractivity contribution in [2.24, 2.45) is 0 Å². The number of benzene rings is 1. The molecule has 1 aromatic heterocycles. The second-order valence-electron chi connectivity index (χ2n) is 2.44. The monoisotopic (exact) mass is 216 g/mol. The number of fused-ring (bicyclic) bond motifs is 1. The van der Waals surface area contributed by atoms with E-state index >= 15 is 0 Å². The van der Waals surface area contributed by atoms with E-state index < -0.39 is 5.97 Å². The average Bonchev–Trinajstić information content (AvgIpc) is 2.46. The zero-order valence-corrected chi connectivity index (χ0v) is 11.1. The van der Waals surface area contributed by atoms with Gasteiger partial charge in [0.05, 0.1) is 10.8 Å². The molecule has 0 aliphatic heterocycles. The molecular formula is C9H5KO2S. The second kappa shape index (κ2) is 4.68. The van der Waals surface area contributed by atoms with Crippen molar-refractivity contribution in [1.29, 1.82) is 0 Å². The maximum Gasteiger partial charge on any atom is 1.00 e. The summed E-state index contributed by atoms with van der Waals surface area (Å²) in [5.74, 6) is -1.10. The first-order valence-electron chi connectivity index (χ1n) is 3.47. The van der Waals surface area contributed by atoms with Crippen LogP contribution in [0.1, 0.15) is 9.67 Å². The summed E-state index contributed by atoms with van der Waals surface area (Å²) in [5.41, 5.74) is 0. The predicted molar refractivity (Wildman–Crippen MR) is 46.2 cm³/mol. The van der Waals surface area contributed by atoms with Gasteiger partial charge in [0.2, 0.25) is 0 Å². The van der Waals surface area contributed by atoms with E-state index in [1.54, 1.807) is 6.07 Å². The molecule has 0 aliphatic rings.